The lowest BCUT2D eigenvalue weighted by Gasteiger charge is -2.11. The topological polar surface area (TPSA) is 61.0 Å². The van der Waals surface area contributed by atoms with Gasteiger partial charge >= 0.3 is 6.18 Å². The Labute approximate surface area is 97.4 Å². The second-order valence-corrected chi connectivity index (χ2v) is 3.09. The van der Waals surface area contributed by atoms with Crippen molar-refractivity contribution in [3.63, 3.8) is 0 Å². The monoisotopic (exact) mass is 263 g/mol. The van der Waals surface area contributed by atoms with Crippen LogP contribution >= 0.6 is 0 Å². The van der Waals surface area contributed by atoms with Gasteiger partial charge in [-0.2, -0.15) is 27.5 Å². The first kappa shape index (κ1) is 12.3. The lowest BCUT2D eigenvalue weighted by atomic mass is 10.3. The molecule has 0 unspecified atom stereocenters. The minimum atomic E-state index is -4.95. The van der Waals surface area contributed by atoms with Crippen molar-refractivity contribution >= 4 is 0 Å². The fourth-order valence-corrected chi connectivity index (χ4v) is 1.24. The fourth-order valence-electron chi connectivity index (χ4n) is 1.24. The summed E-state index contributed by atoms with van der Waals surface area (Å²) in [4.78, 5) is 10.1. The highest BCUT2D eigenvalue weighted by Crippen LogP contribution is 2.37. The van der Waals surface area contributed by atoms with Crippen LogP contribution in [0.15, 0.2) is 17.1 Å². The van der Waals surface area contributed by atoms with Crippen molar-refractivity contribution in [2.75, 3.05) is 7.11 Å². The molecular formula is C9H5F4N3O2. The first-order chi connectivity index (χ1) is 8.43. The second-order valence-electron chi connectivity index (χ2n) is 3.09. The van der Waals surface area contributed by atoms with E-state index in [0.29, 0.717) is 0 Å². The van der Waals surface area contributed by atoms with Crippen LogP contribution in [-0.4, -0.2) is 22.1 Å². The van der Waals surface area contributed by atoms with E-state index in [2.05, 4.69) is 24.1 Å². The van der Waals surface area contributed by atoms with Crippen LogP contribution in [0.4, 0.5) is 17.6 Å². The summed E-state index contributed by atoms with van der Waals surface area (Å²) in [5, 5.41) is 0. The van der Waals surface area contributed by atoms with E-state index in [1.165, 1.54) is 0 Å². The van der Waals surface area contributed by atoms with E-state index in [1.807, 2.05) is 0 Å². The Morgan fingerprint density at radius 3 is 2.50 bits per heavy atom. The Hall–Kier alpha value is -2.19. The Morgan fingerprint density at radius 2 is 2.00 bits per heavy atom. The molecule has 0 saturated heterocycles. The van der Waals surface area contributed by atoms with Crippen molar-refractivity contribution in [3.05, 3.63) is 24.2 Å². The van der Waals surface area contributed by atoms with Gasteiger partial charge in [0.1, 0.15) is 12.0 Å². The van der Waals surface area contributed by atoms with E-state index in [-0.39, 0.29) is 11.5 Å². The van der Waals surface area contributed by atoms with Crippen molar-refractivity contribution in [1.82, 2.24) is 15.0 Å². The molecule has 2 rings (SSSR count). The summed E-state index contributed by atoms with van der Waals surface area (Å²) < 4.78 is 60.0. The Balaban J connectivity index is 2.61. The summed E-state index contributed by atoms with van der Waals surface area (Å²) in [6.07, 6.45) is -2.86. The first-order valence-electron chi connectivity index (χ1n) is 4.50. The van der Waals surface area contributed by atoms with Crippen LogP contribution in [0.1, 0.15) is 5.56 Å². The zero-order valence-corrected chi connectivity index (χ0v) is 8.82. The van der Waals surface area contributed by atoms with E-state index in [4.69, 9.17) is 0 Å². The Kier molecular flexibility index (Phi) is 2.89. The number of aromatic nitrogens is 3. The summed E-state index contributed by atoms with van der Waals surface area (Å²) in [6.45, 7) is 0. The molecule has 0 aliphatic rings. The average molecular weight is 263 g/mol. The van der Waals surface area contributed by atoms with E-state index in [0.717, 1.165) is 19.8 Å². The number of methoxy groups -OCH3 is 1. The normalized spacial score (nSPS) is 11.6. The number of ether oxygens (including phenoxy) is 1. The second kappa shape index (κ2) is 4.24. The van der Waals surface area contributed by atoms with E-state index in [1.54, 1.807) is 0 Å². The summed E-state index contributed by atoms with van der Waals surface area (Å²) in [6, 6.07) is 0. The van der Waals surface area contributed by atoms with Gasteiger partial charge in [-0.25, -0.2) is 4.98 Å². The molecule has 2 aromatic rings. The van der Waals surface area contributed by atoms with Crippen LogP contribution in [0.2, 0.25) is 0 Å². The van der Waals surface area contributed by atoms with Gasteiger partial charge in [-0.05, 0) is 0 Å². The zero-order valence-electron chi connectivity index (χ0n) is 8.82. The maximum atomic E-state index is 13.4. The standard InChI is InChI=1S/C9H5F4N3O2/c1-17-8-5(9(11,12)13)6(10)15-7(16-8)4-2-18-3-14-4/h2-3H,1H3. The Morgan fingerprint density at radius 1 is 1.28 bits per heavy atom. The van der Waals surface area contributed by atoms with Crippen molar-refractivity contribution in [3.8, 4) is 17.4 Å². The molecule has 0 aliphatic heterocycles. The van der Waals surface area contributed by atoms with Gasteiger partial charge in [-0.1, -0.05) is 0 Å². The first-order valence-corrected chi connectivity index (χ1v) is 4.50. The molecule has 2 heterocycles. The van der Waals surface area contributed by atoms with Crippen LogP contribution in [0.25, 0.3) is 11.5 Å². The minimum Gasteiger partial charge on any atom is -0.480 e. The van der Waals surface area contributed by atoms with Crippen molar-refractivity contribution in [2.45, 2.75) is 6.18 Å². The van der Waals surface area contributed by atoms with Crippen LogP contribution in [-0.2, 0) is 6.18 Å². The van der Waals surface area contributed by atoms with Crippen molar-refractivity contribution < 1.29 is 26.7 Å². The third kappa shape index (κ3) is 2.11. The number of hydrogen-bond donors (Lipinski definition) is 0. The average Bonchev–Trinajstić information content (AvgIpc) is 2.79. The summed E-state index contributed by atoms with van der Waals surface area (Å²) in [5.74, 6) is -2.99. The van der Waals surface area contributed by atoms with Gasteiger partial charge in [-0.15, -0.1) is 0 Å². The van der Waals surface area contributed by atoms with Gasteiger partial charge in [0.15, 0.2) is 17.8 Å². The number of nitrogens with zero attached hydrogens (tertiary/aromatic N) is 3. The van der Waals surface area contributed by atoms with Gasteiger partial charge in [0.05, 0.1) is 7.11 Å². The van der Waals surface area contributed by atoms with Crippen molar-refractivity contribution in [2.24, 2.45) is 0 Å². The molecule has 9 heteroatoms. The zero-order chi connectivity index (χ0) is 13.3. The van der Waals surface area contributed by atoms with E-state index >= 15 is 0 Å². The molecule has 18 heavy (non-hydrogen) atoms. The number of halogens is 4. The highest BCUT2D eigenvalue weighted by atomic mass is 19.4. The molecular weight excluding hydrogens is 258 g/mol. The Bertz CT molecular complexity index is 554. The molecule has 0 N–H and O–H groups in total. The van der Waals surface area contributed by atoms with Crippen molar-refractivity contribution in [1.29, 1.82) is 0 Å². The van der Waals surface area contributed by atoms with Gasteiger partial charge in [0, 0.05) is 0 Å². The summed E-state index contributed by atoms with van der Waals surface area (Å²) >= 11 is 0. The number of rotatable bonds is 2. The fraction of sp³-hybridized carbons (Fsp3) is 0.222. The molecule has 0 bridgehead atoms. The van der Waals surface area contributed by atoms with Gasteiger partial charge in [0.25, 0.3) is 0 Å². The third-order valence-electron chi connectivity index (χ3n) is 1.97. The number of hydrogen-bond acceptors (Lipinski definition) is 5. The molecule has 96 valence electrons. The number of oxazole rings is 1. The maximum Gasteiger partial charge on any atom is 0.426 e. The van der Waals surface area contributed by atoms with Gasteiger partial charge in [0.2, 0.25) is 11.8 Å². The van der Waals surface area contributed by atoms with Crippen LogP contribution in [0, 0.1) is 5.95 Å². The molecule has 0 amide bonds. The van der Waals surface area contributed by atoms with Crippen LogP contribution in [0.3, 0.4) is 0 Å². The third-order valence-corrected chi connectivity index (χ3v) is 1.97. The largest absolute Gasteiger partial charge is 0.480 e. The molecule has 5 nitrogen and oxygen atoms in total. The molecule has 0 saturated carbocycles. The van der Waals surface area contributed by atoms with Crippen LogP contribution < -0.4 is 4.74 Å². The predicted molar refractivity (Wildman–Crippen MR) is 49.0 cm³/mol. The molecule has 0 aliphatic carbocycles. The maximum absolute atomic E-state index is 13.4. The summed E-state index contributed by atoms with van der Waals surface area (Å²) in [7, 11) is 0.948. The van der Waals surface area contributed by atoms with E-state index < -0.39 is 23.6 Å². The quantitative estimate of drug-likeness (QED) is 0.614. The molecule has 0 spiro atoms. The molecule has 0 atom stereocenters. The predicted octanol–water partition coefficient (Wildman–Crippen LogP) is 2.30. The van der Waals surface area contributed by atoms with Gasteiger partial charge < -0.3 is 9.15 Å². The van der Waals surface area contributed by atoms with Crippen LogP contribution in [0.5, 0.6) is 5.88 Å². The highest BCUT2D eigenvalue weighted by molar-refractivity contribution is 5.48. The molecule has 0 aromatic carbocycles. The lowest BCUT2D eigenvalue weighted by molar-refractivity contribution is -0.142. The van der Waals surface area contributed by atoms with Gasteiger partial charge in [-0.3, -0.25) is 0 Å². The minimum absolute atomic E-state index is 0.000856. The molecule has 0 fully saturated rings. The highest BCUT2D eigenvalue weighted by Gasteiger charge is 2.40. The number of alkyl halides is 3. The lowest BCUT2D eigenvalue weighted by Crippen LogP contribution is -2.14. The molecule has 0 radical (unpaired) electrons. The van der Waals surface area contributed by atoms with E-state index in [9.17, 15) is 17.6 Å². The smallest absolute Gasteiger partial charge is 0.426 e. The summed E-state index contributed by atoms with van der Waals surface area (Å²) in [5.41, 5.74) is -1.65. The SMILES string of the molecule is COc1nc(-c2cocn2)nc(F)c1C(F)(F)F. The molecule has 2 aromatic heterocycles.